The summed E-state index contributed by atoms with van der Waals surface area (Å²) in [6, 6.07) is 2.31. The zero-order valence-corrected chi connectivity index (χ0v) is 9.96. The number of aromatic amines is 1. The summed E-state index contributed by atoms with van der Waals surface area (Å²) in [5.74, 6) is 1.01. The van der Waals surface area contributed by atoms with Crippen molar-refractivity contribution in [2.24, 2.45) is 5.92 Å². The third-order valence-corrected chi connectivity index (χ3v) is 2.59. The van der Waals surface area contributed by atoms with Gasteiger partial charge in [-0.3, -0.25) is 0 Å². The minimum absolute atomic E-state index is 0.116. The van der Waals surface area contributed by atoms with Gasteiger partial charge in [0.1, 0.15) is 11.7 Å². The number of hydrogen-bond acceptors (Lipinski definition) is 2. The molecule has 82 valence electrons. The Hall–Kier alpha value is -1.30. The molecule has 0 spiro atoms. The maximum Gasteiger partial charge on any atom is 0.124 e. The fourth-order valence-corrected chi connectivity index (χ4v) is 1.67. The molecular weight excluding hydrogens is 186 g/mol. The average molecular weight is 205 g/mol. The number of aryl methyl sites for hydroxylation is 2. The summed E-state index contributed by atoms with van der Waals surface area (Å²) in [6.45, 7) is 8.25. The number of aromatic nitrogens is 2. The van der Waals surface area contributed by atoms with Crippen molar-refractivity contribution < 1.29 is 0 Å². The Bertz CT molecular complexity index is 357. The summed E-state index contributed by atoms with van der Waals surface area (Å²) in [5, 5.41) is 9.07. The standard InChI is InChI=1S/C12H19N3/c1-5-6-11-9(4)14-12(15-11)10(7-13)8(2)3/h8,10H,5-6H2,1-4H3,(H,14,15). The van der Waals surface area contributed by atoms with E-state index in [1.807, 2.05) is 20.8 Å². The van der Waals surface area contributed by atoms with E-state index in [1.165, 1.54) is 0 Å². The summed E-state index contributed by atoms with van der Waals surface area (Å²) >= 11 is 0. The van der Waals surface area contributed by atoms with Crippen molar-refractivity contribution >= 4 is 0 Å². The van der Waals surface area contributed by atoms with E-state index >= 15 is 0 Å². The minimum atomic E-state index is -0.116. The van der Waals surface area contributed by atoms with Crippen molar-refractivity contribution in [3.05, 3.63) is 17.2 Å². The Labute approximate surface area is 91.5 Å². The fraction of sp³-hybridized carbons (Fsp3) is 0.667. The molecule has 1 aromatic rings. The lowest BCUT2D eigenvalue weighted by Gasteiger charge is -2.08. The van der Waals surface area contributed by atoms with E-state index in [4.69, 9.17) is 5.26 Å². The van der Waals surface area contributed by atoms with Crippen molar-refractivity contribution in [2.45, 2.75) is 46.5 Å². The Morgan fingerprint density at radius 2 is 2.13 bits per heavy atom. The third kappa shape index (κ3) is 2.59. The number of nitrogens with zero attached hydrogens (tertiary/aromatic N) is 2. The zero-order valence-electron chi connectivity index (χ0n) is 9.96. The number of rotatable bonds is 4. The second kappa shape index (κ2) is 4.97. The van der Waals surface area contributed by atoms with Crippen LogP contribution in [-0.2, 0) is 6.42 Å². The van der Waals surface area contributed by atoms with Gasteiger partial charge in [-0.2, -0.15) is 5.26 Å². The highest BCUT2D eigenvalue weighted by Crippen LogP contribution is 2.22. The molecule has 0 fully saturated rings. The molecule has 0 radical (unpaired) electrons. The molecule has 0 bridgehead atoms. The van der Waals surface area contributed by atoms with Crippen LogP contribution in [0.25, 0.3) is 0 Å². The Morgan fingerprint density at radius 3 is 2.60 bits per heavy atom. The van der Waals surface area contributed by atoms with Gasteiger partial charge in [0.05, 0.1) is 11.8 Å². The molecule has 0 aliphatic rings. The van der Waals surface area contributed by atoms with Crippen LogP contribution in [0, 0.1) is 24.2 Å². The molecule has 1 N–H and O–H groups in total. The highest BCUT2D eigenvalue weighted by atomic mass is 14.9. The zero-order chi connectivity index (χ0) is 11.4. The monoisotopic (exact) mass is 205 g/mol. The molecule has 0 aliphatic carbocycles. The summed E-state index contributed by atoms with van der Waals surface area (Å²) in [4.78, 5) is 7.74. The summed E-state index contributed by atoms with van der Waals surface area (Å²) < 4.78 is 0. The lowest BCUT2D eigenvalue weighted by atomic mass is 9.97. The Kier molecular flexibility index (Phi) is 3.90. The first-order valence-electron chi connectivity index (χ1n) is 5.55. The predicted molar refractivity (Wildman–Crippen MR) is 60.5 cm³/mol. The van der Waals surface area contributed by atoms with Gasteiger partial charge >= 0.3 is 0 Å². The molecule has 3 nitrogen and oxygen atoms in total. The van der Waals surface area contributed by atoms with Crippen LogP contribution in [0.1, 0.15) is 50.3 Å². The molecule has 1 atom stereocenters. The van der Waals surface area contributed by atoms with Crippen LogP contribution in [0.5, 0.6) is 0 Å². The lowest BCUT2D eigenvalue weighted by molar-refractivity contribution is 0.564. The molecule has 0 aromatic carbocycles. The summed E-state index contributed by atoms with van der Waals surface area (Å²) in [6.07, 6.45) is 2.07. The van der Waals surface area contributed by atoms with Gasteiger partial charge in [0.15, 0.2) is 0 Å². The largest absolute Gasteiger partial charge is 0.345 e. The van der Waals surface area contributed by atoms with Gasteiger partial charge in [-0.15, -0.1) is 0 Å². The number of hydrogen-bond donors (Lipinski definition) is 1. The molecule has 1 unspecified atom stereocenters. The van der Waals surface area contributed by atoms with Gasteiger partial charge in [0, 0.05) is 5.69 Å². The number of nitrogens with one attached hydrogen (secondary N) is 1. The summed E-state index contributed by atoms with van der Waals surface area (Å²) in [7, 11) is 0. The van der Waals surface area contributed by atoms with Crippen LogP contribution < -0.4 is 0 Å². The minimum Gasteiger partial charge on any atom is -0.345 e. The molecule has 0 saturated heterocycles. The molecular formula is C12H19N3. The van der Waals surface area contributed by atoms with E-state index in [-0.39, 0.29) is 5.92 Å². The van der Waals surface area contributed by atoms with E-state index in [2.05, 4.69) is 23.0 Å². The topological polar surface area (TPSA) is 52.5 Å². The second-order valence-electron chi connectivity index (χ2n) is 4.29. The van der Waals surface area contributed by atoms with E-state index in [9.17, 15) is 0 Å². The first-order chi connectivity index (χ1) is 7.10. The van der Waals surface area contributed by atoms with Crippen molar-refractivity contribution in [1.29, 1.82) is 5.26 Å². The molecule has 1 rings (SSSR count). The van der Waals surface area contributed by atoms with Gasteiger partial charge in [-0.05, 0) is 19.3 Å². The second-order valence-corrected chi connectivity index (χ2v) is 4.29. The number of H-pyrrole nitrogens is 1. The van der Waals surface area contributed by atoms with Crippen LogP contribution in [-0.4, -0.2) is 9.97 Å². The van der Waals surface area contributed by atoms with Crippen LogP contribution in [0.15, 0.2) is 0 Å². The molecule has 0 amide bonds. The highest BCUT2D eigenvalue weighted by Gasteiger charge is 2.19. The molecule has 3 heteroatoms. The smallest absolute Gasteiger partial charge is 0.124 e. The van der Waals surface area contributed by atoms with E-state index in [0.717, 1.165) is 30.1 Å². The van der Waals surface area contributed by atoms with Gasteiger partial charge in [-0.1, -0.05) is 27.2 Å². The molecule has 15 heavy (non-hydrogen) atoms. The normalized spacial score (nSPS) is 12.8. The average Bonchev–Trinajstić information content (AvgIpc) is 2.49. The highest BCUT2D eigenvalue weighted by molar-refractivity contribution is 5.19. The maximum absolute atomic E-state index is 9.07. The van der Waals surface area contributed by atoms with Gasteiger partial charge in [0.2, 0.25) is 0 Å². The van der Waals surface area contributed by atoms with Crippen molar-refractivity contribution in [3.63, 3.8) is 0 Å². The predicted octanol–water partition coefficient (Wildman–Crippen LogP) is 2.93. The van der Waals surface area contributed by atoms with Gasteiger partial charge < -0.3 is 4.98 Å². The van der Waals surface area contributed by atoms with Crippen molar-refractivity contribution in [1.82, 2.24) is 9.97 Å². The quantitative estimate of drug-likeness (QED) is 0.821. The number of nitriles is 1. The number of imidazole rings is 1. The van der Waals surface area contributed by atoms with Crippen LogP contribution in [0.4, 0.5) is 0 Å². The first kappa shape index (κ1) is 11.8. The molecule has 0 saturated carbocycles. The van der Waals surface area contributed by atoms with Gasteiger partial charge in [0.25, 0.3) is 0 Å². The Balaban J connectivity index is 2.96. The SMILES string of the molecule is CCCc1nc(C(C#N)C(C)C)[nH]c1C. The Morgan fingerprint density at radius 1 is 1.47 bits per heavy atom. The summed E-state index contributed by atoms with van der Waals surface area (Å²) in [5.41, 5.74) is 2.21. The van der Waals surface area contributed by atoms with Crippen LogP contribution in [0.3, 0.4) is 0 Å². The maximum atomic E-state index is 9.07. The lowest BCUT2D eigenvalue weighted by Crippen LogP contribution is -2.06. The van der Waals surface area contributed by atoms with E-state index in [0.29, 0.717) is 5.92 Å². The van der Waals surface area contributed by atoms with Crippen LogP contribution in [0.2, 0.25) is 0 Å². The van der Waals surface area contributed by atoms with Crippen molar-refractivity contribution in [3.8, 4) is 6.07 Å². The van der Waals surface area contributed by atoms with E-state index < -0.39 is 0 Å². The van der Waals surface area contributed by atoms with E-state index in [1.54, 1.807) is 0 Å². The first-order valence-corrected chi connectivity index (χ1v) is 5.55. The third-order valence-electron chi connectivity index (χ3n) is 2.59. The van der Waals surface area contributed by atoms with Gasteiger partial charge in [-0.25, -0.2) is 4.98 Å². The fourth-order valence-electron chi connectivity index (χ4n) is 1.67. The van der Waals surface area contributed by atoms with Crippen molar-refractivity contribution in [2.75, 3.05) is 0 Å². The molecule has 1 heterocycles. The molecule has 1 aromatic heterocycles. The van der Waals surface area contributed by atoms with Crippen LogP contribution >= 0.6 is 0 Å². The molecule has 0 aliphatic heterocycles.